The fraction of sp³-hybridized carbons (Fsp3) is 0.333. The third kappa shape index (κ3) is 2.22. The predicted molar refractivity (Wildman–Crippen MR) is 78.4 cm³/mol. The Kier molecular flexibility index (Phi) is 3.51. The molecule has 0 radical (unpaired) electrons. The van der Waals surface area contributed by atoms with E-state index in [9.17, 15) is 9.59 Å². The fourth-order valence-corrected chi connectivity index (χ4v) is 2.66. The lowest BCUT2D eigenvalue weighted by Gasteiger charge is -2.43. The van der Waals surface area contributed by atoms with Gasteiger partial charge in [0, 0.05) is 24.8 Å². The molecular weight excluding hydrogens is 268 g/mol. The van der Waals surface area contributed by atoms with Gasteiger partial charge < -0.3 is 0 Å². The minimum absolute atomic E-state index is 0.165. The van der Waals surface area contributed by atoms with E-state index in [0.29, 0.717) is 12.2 Å². The largest absolute Gasteiger partial charge is 0.290 e. The molecule has 0 N–H and O–H groups in total. The Balaban J connectivity index is 2.03. The minimum Gasteiger partial charge on any atom is -0.290 e. The van der Waals surface area contributed by atoms with Crippen LogP contribution in [0.4, 0.5) is 5.82 Å². The number of fused-ring (bicyclic) bond motifs is 1. The quantitative estimate of drug-likeness (QED) is 0.791. The molecule has 3 heterocycles. The number of amides is 2. The third-order valence-corrected chi connectivity index (χ3v) is 3.64. The Hall–Kier alpha value is -2.50. The van der Waals surface area contributed by atoms with Crippen LogP contribution in [0, 0.1) is 5.92 Å². The Morgan fingerprint density at radius 2 is 2.10 bits per heavy atom. The predicted octanol–water partition coefficient (Wildman–Crippen LogP) is 1.55. The lowest BCUT2D eigenvalue weighted by Crippen LogP contribution is -2.62. The SMILES string of the molecule is CCCC1C(=O)N2C=CN=CC2N(c2ccccn2)C1=O. The van der Waals surface area contributed by atoms with Gasteiger partial charge in [0.2, 0.25) is 11.8 Å². The van der Waals surface area contributed by atoms with Crippen LogP contribution in [0.5, 0.6) is 0 Å². The Morgan fingerprint density at radius 3 is 2.81 bits per heavy atom. The first-order valence-electron chi connectivity index (χ1n) is 7.00. The van der Waals surface area contributed by atoms with Gasteiger partial charge in [-0.05, 0) is 18.6 Å². The Bertz CT molecular complexity index is 611. The lowest BCUT2D eigenvalue weighted by molar-refractivity contribution is -0.144. The summed E-state index contributed by atoms with van der Waals surface area (Å²) in [5.74, 6) is -0.484. The number of hydrogen-bond acceptors (Lipinski definition) is 4. The van der Waals surface area contributed by atoms with Gasteiger partial charge in [0.1, 0.15) is 11.7 Å². The molecule has 3 rings (SSSR count). The van der Waals surface area contributed by atoms with Gasteiger partial charge in [0.25, 0.3) is 0 Å². The van der Waals surface area contributed by atoms with E-state index in [-0.39, 0.29) is 11.8 Å². The van der Waals surface area contributed by atoms with Crippen molar-refractivity contribution >= 4 is 23.8 Å². The van der Waals surface area contributed by atoms with Crippen LogP contribution in [0.15, 0.2) is 41.8 Å². The monoisotopic (exact) mass is 284 g/mol. The number of hydrogen-bond donors (Lipinski definition) is 0. The van der Waals surface area contributed by atoms with Crippen LogP contribution in [0.2, 0.25) is 0 Å². The first-order valence-corrected chi connectivity index (χ1v) is 7.00. The molecule has 2 aliphatic rings. The standard InChI is InChI=1S/C15H16N4O2/c1-2-5-11-14(20)18-9-8-16-10-13(18)19(15(11)21)12-6-3-4-7-17-12/h3-4,6-11,13H,2,5H2,1H3. The summed E-state index contributed by atoms with van der Waals surface area (Å²) in [6.45, 7) is 1.96. The molecule has 21 heavy (non-hydrogen) atoms. The highest BCUT2D eigenvalue weighted by molar-refractivity contribution is 6.13. The second kappa shape index (κ2) is 5.47. The molecule has 0 saturated carbocycles. The second-order valence-corrected chi connectivity index (χ2v) is 4.99. The maximum Gasteiger partial charge on any atom is 0.242 e. The molecule has 6 heteroatoms. The van der Waals surface area contributed by atoms with Crippen molar-refractivity contribution in [2.24, 2.45) is 10.9 Å². The van der Waals surface area contributed by atoms with Crippen molar-refractivity contribution in [3.8, 4) is 0 Å². The lowest BCUT2D eigenvalue weighted by atomic mass is 9.96. The summed E-state index contributed by atoms with van der Waals surface area (Å²) in [5, 5.41) is 0. The van der Waals surface area contributed by atoms with Crippen LogP contribution < -0.4 is 4.90 Å². The van der Waals surface area contributed by atoms with Crippen molar-refractivity contribution in [1.29, 1.82) is 0 Å². The number of rotatable bonds is 3. The molecule has 1 fully saturated rings. The van der Waals surface area contributed by atoms with Crippen molar-refractivity contribution in [1.82, 2.24) is 9.88 Å². The molecule has 0 bridgehead atoms. The molecule has 2 aliphatic heterocycles. The topological polar surface area (TPSA) is 65.9 Å². The van der Waals surface area contributed by atoms with Gasteiger partial charge in [-0.1, -0.05) is 19.4 Å². The van der Waals surface area contributed by atoms with E-state index in [1.165, 1.54) is 0 Å². The van der Waals surface area contributed by atoms with Gasteiger partial charge in [0.05, 0.1) is 0 Å². The molecule has 0 aliphatic carbocycles. The van der Waals surface area contributed by atoms with Crippen LogP contribution in [0.25, 0.3) is 0 Å². The molecule has 6 nitrogen and oxygen atoms in total. The Labute approximate surface area is 122 Å². The molecule has 2 atom stereocenters. The minimum atomic E-state index is -0.649. The van der Waals surface area contributed by atoms with Crippen LogP contribution in [0.3, 0.4) is 0 Å². The number of pyridine rings is 1. The van der Waals surface area contributed by atoms with E-state index in [4.69, 9.17) is 0 Å². The molecular formula is C15H16N4O2. The maximum absolute atomic E-state index is 12.7. The third-order valence-electron chi connectivity index (χ3n) is 3.64. The van der Waals surface area contributed by atoms with Gasteiger partial charge in [0.15, 0.2) is 6.17 Å². The molecule has 2 amide bonds. The number of anilines is 1. The summed E-state index contributed by atoms with van der Waals surface area (Å²) in [6, 6.07) is 5.38. The molecule has 1 aromatic heterocycles. The van der Waals surface area contributed by atoms with Crippen molar-refractivity contribution in [2.75, 3.05) is 4.90 Å². The van der Waals surface area contributed by atoms with Crippen molar-refractivity contribution in [3.05, 3.63) is 36.8 Å². The van der Waals surface area contributed by atoms with Crippen molar-refractivity contribution in [2.45, 2.75) is 25.9 Å². The van der Waals surface area contributed by atoms with E-state index in [0.717, 1.165) is 6.42 Å². The fourth-order valence-electron chi connectivity index (χ4n) is 2.66. The summed E-state index contributed by atoms with van der Waals surface area (Å²) in [6.07, 6.45) is 7.18. The number of nitrogens with zero attached hydrogens (tertiary/aromatic N) is 4. The summed E-state index contributed by atoms with van der Waals surface area (Å²) in [7, 11) is 0. The van der Waals surface area contributed by atoms with E-state index in [2.05, 4.69) is 9.98 Å². The van der Waals surface area contributed by atoms with Crippen LogP contribution >= 0.6 is 0 Å². The number of carbonyl (C=O) groups is 2. The van der Waals surface area contributed by atoms with Gasteiger partial charge in [-0.3, -0.25) is 24.4 Å². The molecule has 0 spiro atoms. The highest BCUT2D eigenvalue weighted by atomic mass is 16.2. The summed E-state index contributed by atoms with van der Waals surface area (Å²) >= 11 is 0. The first kappa shape index (κ1) is 13.5. The number of carbonyl (C=O) groups excluding carboxylic acids is 2. The van der Waals surface area contributed by atoms with Crippen LogP contribution in [-0.4, -0.2) is 34.1 Å². The molecule has 2 unspecified atom stereocenters. The van der Waals surface area contributed by atoms with E-state index in [1.54, 1.807) is 46.7 Å². The van der Waals surface area contributed by atoms with Gasteiger partial charge >= 0.3 is 0 Å². The van der Waals surface area contributed by atoms with Gasteiger partial charge in [-0.15, -0.1) is 0 Å². The van der Waals surface area contributed by atoms with Crippen molar-refractivity contribution in [3.63, 3.8) is 0 Å². The van der Waals surface area contributed by atoms with Crippen LogP contribution in [-0.2, 0) is 9.59 Å². The first-order chi connectivity index (χ1) is 10.2. The van der Waals surface area contributed by atoms with E-state index < -0.39 is 12.1 Å². The smallest absolute Gasteiger partial charge is 0.242 e. The maximum atomic E-state index is 12.7. The molecule has 108 valence electrons. The van der Waals surface area contributed by atoms with Gasteiger partial charge in [-0.2, -0.15) is 0 Å². The Morgan fingerprint density at radius 1 is 1.24 bits per heavy atom. The summed E-state index contributed by atoms with van der Waals surface area (Å²) < 4.78 is 0. The number of aromatic nitrogens is 1. The molecule has 1 aromatic rings. The average molecular weight is 284 g/mol. The normalized spacial score (nSPS) is 24.4. The average Bonchev–Trinajstić information content (AvgIpc) is 2.53. The highest BCUT2D eigenvalue weighted by Gasteiger charge is 2.45. The zero-order valence-electron chi connectivity index (χ0n) is 11.7. The second-order valence-electron chi connectivity index (χ2n) is 4.99. The van der Waals surface area contributed by atoms with Crippen molar-refractivity contribution < 1.29 is 9.59 Å². The van der Waals surface area contributed by atoms with E-state index >= 15 is 0 Å². The zero-order chi connectivity index (χ0) is 14.8. The summed E-state index contributed by atoms with van der Waals surface area (Å²) in [5.41, 5.74) is 0. The number of aliphatic imine (C=N–C) groups is 1. The van der Waals surface area contributed by atoms with Gasteiger partial charge in [-0.25, -0.2) is 4.98 Å². The zero-order valence-corrected chi connectivity index (χ0v) is 11.7. The van der Waals surface area contributed by atoms with Crippen LogP contribution in [0.1, 0.15) is 19.8 Å². The summed E-state index contributed by atoms with van der Waals surface area (Å²) in [4.78, 5) is 36.6. The molecule has 1 saturated heterocycles. The van der Waals surface area contributed by atoms with E-state index in [1.807, 2.05) is 13.0 Å². The molecule has 0 aromatic carbocycles. The highest BCUT2D eigenvalue weighted by Crippen LogP contribution is 2.29.